The number of hydrogen-bond acceptors (Lipinski definition) is 1. The van der Waals surface area contributed by atoms with Gasteiger partial charge in [0.15, 0.2) is 0 Å². The molecule has 0 unspecified atom stereocenters. The van der Waals surface area contributed by atoms with Crippen LogP contribution < -0.4 is 0 Å². The van der Waals surface area contributed by atoms with Crippen LogP contribution in [0.1, 0.15) is 27.7 Å². The van der Waals surface area contributed by atoms with Crippen LogP contribution in [0.2, 0.25) is 10.6 Å². The molecular weight excluding hydrogens is 178 g/mol. The summed E-state index contributed by atoms with van der Waals surface area (Å²) in [7, 11) is 0. The summed E-state index contributed by atoms with van der Waals surface area (Å²) >= 11 is 0.854. The average molecular weight is 198 g/mol. The Balaban J connectivity index is 2.91. The molecule has 0 heterocycles. The van der Waals surface area contributed by atoms with Gasteiger partial charge in [0, 0.05) is 0 Å². The van der Waals surface area contributed by atoms with E-state index in [1.165, 1.54) is 10.6 Å². The third-order valence-electron chi connectivity index (χ3n) is 1.54. The Labute approximate surface area is 90.0 Å². The second kappa shape index (κ2) is 8.62. The van der Waals surface area contributed by atoms with Gasteiger partial charge in [-0.25, -0.2) is 0 Å². The van der Waals surface area contributed by atoms with Crippen molar-refractivity contribution in [1.29, 1.82) is 0 Å². The molecule has 2 radical (unpaired) electrons. The zero-order chi connectivity index (χ0) is 9.40. The summed E-state index contributed by atoms with van der Waals surface area (Å²) < 4.78 is 5.62. The Morgan fingerprint density at radius 2 is 1.58 bits per heavy atom. The molecule has 0 fully saturated rings. The highest BCUT2D eigenvalue weighted by Crippen LogP contribution is 2.00. The van der Waals surface area contributed by atoms with Crippen molar-refractivity contribution in [2.75, 3.05) is 5.47 Å². The van der Waals surface area contributed by atoms with Crippen molar-refractivity contribution in [3.05, 3.63) is 0 Å². The summed E-state index contributed by atoms with van der Waals surface area (Å²) in [5.41, 5.74) is 1.07. The lowest BCUT2D eigenvalue weighted by Crippen LogP contribution is -2.10. The van der Waals surface area contributed by atoms with E-state index in [9.17, 15) is 0 Å². The fraction of sp³-hybridized carbons (Fsp3) is 1.00. The van der Waals surface area contributed by atoms with Gasteiger partial charge in [-0.2, -0.15) is 0 Å². The Morgan fingerprint density at radius 3 is 2.08 bits per heavy atom. The second-order valence-electron chi connectivity index (χ2n) is 4.05. The van der Waals surface area contributed by atoms with Crippen LogP contribution in [0.5, 0.6) is 0 Å². The number of rotatable bonds is 7. The molecule has 1 nitrogen and oxygen atoms in total. The third-order valence-corrected chi connectivity index (χ3v) is 5.19. The minimum atomic E-state index is 0.288. The van der Waals surface area contributed by atoms with Crippen molar-refractivity contribution >= 4 is 30.8 Å². The normalized spacial score (nSPS) is 10.8. The molecule has 0 rings (SSSR count). The molecule has 0 aliphatic heterocycles. The topological polar surface area (TPSA) is 9.23 Å². The molecule has 0 spiro atoms. The van der Waals surface area contributed by atoms with E-state index < -0.39 is 0 Å². The smallest absolute Gasteiger partial charge is 0.422 e. The Kier molecular flexibility index (Phi) is 9.35. The van der Waals surface area contributed by atoms with Crippen LogP contribution in [0.4, 0.5) is 0 Å². The van der Waals surface area contributed by atoms with Crippen molar-refractivity contribution < 1.29 is 3.79 Å². The van der Waals surface area contributed by atoms with Gasteiger partial charge in [0.05, 0.1) is 0 Å². The predicted molar refractivity (Wildman–Crippen MR) is 56.8 cm³/mol. The van der Waals surface area contributed by atoms with Crippen molar-refractivity contribution in [2.24, 2.45) is 11.8 Å². The fourth-order valence-corrected chi connectivity index (χ4v) is 3.21. The molecule has 0 N–H and O–H groups in total. The van der Waals surface area contributed by atoms with Crippen LogP contribution in [0, 0.1) is 11.8 Å². The van der Waals surface area contributed by atoms with Crippen molar-refractivity contribution in [3.8, 4) is 0 Å². The van der Waals surface area contributed by atoms with E-state index in [4.69, 9.17) is 3.79 Å². The molecule has 3 heteroatoms. The zero-order valence-corrected chi connectivity index (χ0v) is 11.1. The van der Waals surface area contributed by atoms with Crippen LogP contribution in [0.15, 0.2) is 0 Å². The highest BCUT2D eigenvalue weighted by Gasteiger charge is 2.00. The largest absolute Gasteiger partial charge is 0.519 e. The van der Waals surface area contributed by atoms with Gasteiger partial charge in [0.2, 0.25) is 15.2 Å². The monoisotopic (exact) mass is 198 g/mol. The summed E-state index contributed by atoms with van der Waals surface area (Å²) in [6.45, 7) is 9.09. The molecule has 0 aromatic heterocycles. The van der Waals surface area contributed by atoms with E-state index in [0.717, 1.165) is 17.3 Å². The molecule has 0 bridgehead atoms. The first-order valence-electron chi connectivity index (χ1n) is 4.88. The van der Waals surface area contributed by atoms with Gasteiger partial charge in [0.25, 0.3) is 0 Å². The van der Waals surface area contributed by atoms with Crippen LogP contribution in [-0.2, 0) is 3.79 Å². The Hall–Kier alpha value is 1.02. The van der Waals surface area contributed by atoms with Gasteiger partial charge < -0.3 is 3.79 Å². The molecule has 0 aliphatic rings. The zero-order valence-electron chi connectivity index (χ0n) is 8.84. The van der Waals surface area contributed by atoms with Gasteiger partial charge >= 0.3 is 15.6 Å². The minimum Gasteiger partial charge on any atom is -0.519 e. The first-order chi connectivity index (χ1) is 5.63. The molecule has 0 saturated carbocycles. The Morgan fingerprint density at radius 1 is 1.00 bits per heavy atom. The molecular formula is C9H20Al2O. The Bertz CT molecular complexity index is 82.5. The molecule has 68 valence electrons. The first kappa shape index (κ1) is 13.0. The van der Waals surface area contributed by atoms with E-state index >= 15 is 0 Å². The third kappa shape index (κ3) is 11.0. The van der Waals surface area contributed by atoms with Crippen LogP contribution in [-0.4, -0.2) is 36.2 Å². The summed E-state index contributed by atoms with van der Waals surface area (Å²) in [6.07, 6.45) is 0. The van der Waals surface area contributed by atoms with Gasteiger partial charge in [0.1, 0.15) is 0 Å². The standard InChI is InChI=1S/2C4H9.CH2O.2Al/c2*1-4(2)3;1-2;;/h2*4H,1H2,2-3H3;1H2;;/q;;-1;;+1. The van der Waals surface area contributed by atoms with Crippen LogP contribution in [0.3, 0.4) is 0 Å². The molecule has 0 aromatic rings. The van der Waals surface area contributed by atoms with E-state index in [0.29, 0.717) is 15.2 Å². The lowest BCUT2D eigenvalue weighted by Gasteiger charge is -2.05. The van der Waals surface area contributed by atoms with Gasteiger partial charge in [-0.1, -0.05) is 50.1 Å². The molecule has 0 saturated heterocycles. The van der Waals surface area contributed by atoms with E-state index in [1.807, 2.05) is 0 Å². The maximum Gasteiger partial charge on any atom is 0.422 e. The molecule has 0 atom stereocenters. The highest BCUT2D eigenvalue weighted by molar-refractivity contribution is 6.37. The molecule has 0 amide bonds. The van der Waals surface area contributed by atoms with Crippen molar-refractivity contribution in [2.45, 2.75) is 38.3 Å². The lowest BCUT2D eigenvalue weighted by molar-refractivity contribution is 0.401. The van der Waals surface area contributed by atoms with E-state index in [2.05, 4.69) is 27.7 Å². The van der Waals surface area contributed by atoms with Crippen molar-refractivity contribution in [1.82, 2.24) is 0 Å². The minimum absolute atomic E-state index is 0.288. The van der Waals surface area contributed by atoms with Gasteiger partial charge in [-0.3, -0.25) is 0 Å². The average Bonchev–Trinajstić information content (AvgIpc) is 1.95. The summed E-state index contributed by atoms with van der Waals surface area (Å²) in [4.78, 5) is 0. The molecule has 12 heavy (non-hydrogen) atoms. The fourth-order valence-electron chi connectivity index (χ4n) is 0.798. The summed E-state index contributed by atoms with van der Waals surface area (Å²) in [5.74, 6) is 1.68. The van der Waals surface area contributed by atoms with E-state index in [-0.39, 0.29) is 15.6 Å². The maximum absolute atomic E-state index is 5.62. The summed E-state index contributed by atoms with van der Waals surface area (Å²) in [6, 6.07) is 0. The number of hydrogen-bond donors (Lipinski definition) is 0. The second-order valence-corrected chi connectivity index (χ2v) is 6.57. The van der Waals surface area contributed by atoms with Crippen LogP contribution >= 0.6 is 0 Å². The van der Waals surface area contributed by atoms with Gasteiger partial charge in [-0.05, 0) is 5.47 Å². The van der Waals surface area contributed by atoms with Crippen LogP contribution in [0.25, 0.3) is 0 Å². The SMILES string of the molecule is CC(C)[CH2][Al][CH2][O][Al][CH2]C(C)C. The van der Waals surface area contributed by atoms with Crippen molar-refractivity contribution in [3.63, 3.8) is 0 Å². The molecule has 0 aromatic carbocycles. The predicted octanol–water partition coefficient (Wildman–Crippen LogP) is 2.43. The lowest BCUT2D eigenvalue weighted by atomic mass is 10.3. The molecule has 0 aliphatic carbocycles. The summed E-state index contributed by atoms with van der Waals surface area (Å²) in [5, 5.41) is 2.68. The quantitative estimate of drug-likeness (QED) is 0.451. The van der Waals surface area contributed by atoms with E-state index in [1.54, 1.807) is 0 Å². The highest BCUT2D eigenvalue weighted by atomic mass is 27.1. The first-order valence-corrected chi connectivity index (χ1v) is 7.80. The van der Waals surface area contributed by atoms with Gasteiger partial charge in [-0.15, -0.1) is 0 Å². The maximum atomic E-state index is 5.62.